The van der Waals surface area contributed by atoms with E-state index in [0.29, 0.717) is 25.2 Å². The first-order valence-electron chi connectivity index (χ1n) is 12.1. The van der Waals surface area contributed by atoms with Gasteiger partial charge in [-0.2, -0.15) is 0 Å². The molecule has 0 bridgehead atoms. The van der Waals surface area contributed by atoms with E-state index in [2.05, 4.69) is 22.2 Å². The van der Waals surface area contributed by atoms with Crippen LogP contribution in [0.1, 0.15) is 50.0 Å². The molecule has 0 radical (unpaired) electrons. The van der Waals surface area contributed by atoms with E-state index in [4.69, 9.17) is 5.73 Å². The molecule has 1 aliphatic carbocycles. The Morgan fingerprint density at radius 1 is 1.03 bits per heavy atom. The number of rotatable bonds is 6. The first-order chi connectivity index (χ1) is 15.8. The van der Waals surface area contributed by atoms with Gasteiger partial charge in [0.05, 0.1) is 5.92 Å². The second-order valence-corrected chi connectivity index (χ2v) is 9.71. The van der Waals surface area contributed by atoms with Gasteiger partial charge in [0.2, 0.25) is 11.8 Å². The summed E-state index contributed by atoms with van der Waals surface area (Å²) in [6, 6.07) is 3.44. The maximum Gasteiger partial charge on any atom is 0.234 e. The summed E-state index contributed by atoms with van der Waals surface area (Å²) in [5.41, 5.74) is 6.27. The lowest BCUT2D eigenvalue weighted by molar-refractivity contribution is -0.134. The molecule has 2 heterocycles. The average molecular weight is 464 g/mol. The smallest absolute Gasteiger partial charge is 0.234 e. The Morgan fingerprint density at radius 2 is 1.67 bits per heavy atom. The SMILES string of the molecule is CN(CCN1CCN(c2c(F)cc(C3CCC(=O)NC3=O)cc2F)CC1)[C@H]1CC[C@H](N)CC1. The van der Waals surface area contributed by atoms with Crippen molar-refractivity contribution in [2.45, 2.75) is 56.5 Å². The second-order valence-electron chi connectivity index (χ2n) is 9.71. The molecule has 1 unspecified atom stereocenters. The van der Waals surface area contributed by atoms with E-state index in [9.17, 15) is 18.4 Å². The van der Waals surface area contributed by atoms with E-state index in [1.54, 1.807) is 4.90 Å². The zero-order valence-corrected chi connectivity index (χ0v) is 19.4. The number of benzene rings is 1. The van der Waals surface area contributed by atoms with Crippen LogP contribution in [-0.4, -0.2) is 80.0 Å². The van der Waals surface area contributed by atoms with Crippen LogP contribution in [0.25, 0.3) is 0 Å². The first-order valence-corrected chi connectivity index (χ1v) is 12.1. The molecular formula is C24H35F2N5O2. The van der Waals surface area contributed by atoms with Gasteiger partial charge in [-0.3, -0.25) is 19.8 Å². The fourth-order valence-corrected chi connectivity index (χ4v) is 5.32. The molecule has 0 aromatic heterocycles. The van der Waals surface area contributed by atoms with Crippen molar-refractivity contribution in [1.82, 2.24) is 15.1 Å². The van der Waals surface area contributed by atoms with Crippen molar-refractivity contribution in [2.24, 2.45) is 5.73 Å². The van der Waals surface area contributed by atoms with Crippen LogP contribution in [0, 0.1) is 11.6 Å². The minimum Gasteiger partial charge on any atom is -0.364 e. The number of nitrogens with one attached hydrogen (secondary N) is 1. The minimum absolute atomic E-state index is 0.0265. The predicted molar refractivity (Wildman–Crippen MR) is 123 cm³/mol. The van der Waals surface area contributed by atoms with Gasteiger partial charge in [0.1, 0.15) is 17.3 Å². The van der Waals surface area contributed by atoms with Crippen molar-refractivity contribution in [3.63, 3.8) is 0 Å². The highest BCUT2D eigenvalue weighted by Gasteiger charge is 2.31. The van der Waals surface area contributed by atoms with Crippen LogP contribution in [0.4, 0.5) is 14.5 Å². The molecule has 7 nitrogen and oxygen atoms in total. The quantitative estimate of drug-likeness (QED) is 0.627. The van der Waals surface area contributed by atoms with Crippen LogP contribution >= 0.6 is 0 Å². The standard InChI is InChI=1S/C24H35F2N5O2/c1-29(18-4-2-17(27)3-5-18)8-9-30-10-12-31(13-11-30)23-20(25)14-16(15-21(23)26)19-6-7-22(32)28-24(19)33/h14-15,17-19H,2-13,27H2,1H3,(H,28,32,33)/t17-,18-,19?. The summed E-state index contributed by atoms with van der Waals surface area (Å²) in [7, 11) is 2.17. The Morgan fingerprint density at radius 3 is 2.27 bits per heavy atom. The van der Waals surface area contributed by atoms with E-state index in [1.165, 1.54) is 12.1 Å². The lowest BCUT2D eigenvalue weighted by atomic mass is 9.90. The molecule has 182 valence electrons. The lowest BCUT2D eigenvalue weighted by Crippen LogP contribution is -2.49. The molecule has 3 aliphatic rings. The Hall–Kier alpha value is -2.10. The van der Waals surface area contributed by atoms with Crippen molar-refractivity contribution >= 4 is 17.5 Å². The third kappa shape index (κ3) is 5.70. The van der Waals surface area contributed by atoms with Gasteiger partial charge in [0, 0.05) is 57.8 Å². The molecular weight excluding hydrogens is 428 g/mol. The molecule has 1 aromatic rings. The second kappa shape index (κ2) is 10.4. The highest BCUT2D eigenvalue weighted by Crippen LogP contribution is 2.32. The molecule has 4 rings (SSSR count). The number of nitrogens with zero attached hydrogens (tertiary/aromatic N) is 3. The summed E-state index contributed by atoms with van der Waals surface area (Å²) in [6.45, 7) is 4.51. The normalized spacial score (nSPS) is 27.2. The number of imide groups is 1. The van der Waals surface area contributed by atoms with Crippen molar-refractivity contribution in [3.05, 3.63) is 29.3 Å². The molecule has 1 aromatic carbocycles. The zero-order chi connectivity index (χ0) is 23.5. The number of halogens is 2. The van der Waals surface area contributed by atoms with Crippen LogP contribution in [0.5, 0.6) is 0 Å². The zero-order valence-electron chi connectivity index (χ0n) is 19.4. The van der Waals surface area contributed by atoms with Gasteiger partial charge in [-0.1, -0.05) is 0 Å². The molecule has 3 N–H and O–H groups in total. The molecule has 2 amide bonds. The number of likely N-dealkylation sites (N-methyl/N-ethyl adjacent to an activating group) is 1. The summed E-state index contributed by atoms with van der Waals surface area (Å²) < 4.78 is 29.9. The summed E-state index contributed by atoms with van der Waals surface area (Å²) in [5.74, 6) is -2.85. The number of piperazine rings is 1. The van der Waals surface area contributed by atoms with Gasteiger partial charge in [-0.15, -0.1) is 0 Å². The third-order valence-corrected chi connectivity index (χ3v) is 7.50. The van der Waals surface area contributed by atoms with Crippen LogP contribution in [-0.2, 0) is 9.59 Å². The van der Waals surface area contributed by atoms with Crippen LogP contribution in [0.3, 0.4) is 0 Å². The Labute approximate surface area is 194 Å². The number of carbonyl (C=O) groups is 2. The van der Waals surface area contributed by atoms with Crippen molar-refractivity contribution in [1.29, 1.82) is 0 Å². The molecule has 9 heteroatoms. The number of anilines is 1. The summed E-state index contributed by atoms with van der Waals surface area (Å²) in [6.07, 6.45) is 4.93. The minimum atomic E-state index is -0.700. The first kappa shape index (κ1) is 24.0. The average Bonchev–Trinajstić information content (AvgIpc) is 2.78. The molecule has 2 saturated heterocycles. The third-order valence-electron chi connectivity index (χ3n) is 7.50. The maximum atomic E-state index is 14.9. The van der Waals surface area contributed by atoms with Gasteiger partial charge in [0.25, 0.3) is 0 Å². The molecule has 2 aliphatic heterocycles. The summed E-state index contributed by atoms with van der Waals surface area (Å²) in [5, 5.41) is 2.24. The highest BCUT2D eigenvalue weighted by atomic mass is 19.1. The molecule has 3 fully saturated rings. The fraction of sp³-hybridized carbons (Fsp3) is 0.667. The van der Waals surface area contributed by atoms with Gasteiger partial charge < -0.3 is 15.5 Å². The Bertz CT molecular complexity index is 843. The Balaban J connectivity index is 1.30. The number of piperidine rings is 1. The topological polar surface area (TPSA) is 81.9 Å². The van der Waals surface area contributed by atoms with Gasteiger partial charge in [-0.05, 0) is 56.8 Å². The highest BCUT2D eigenvalue weighted by molar-refractivity contribution is 6.00. The van der Waals surface area contributed by atoms with Crippen LogP contribution in [0.2, 0.25) is 0 Å². The number of nitrogens with two attached hydrogens (primary N) is 1. The van der Waals surface area contributed by atoms with Crippen molar-refractivity contribution in [3.8, 4) is 0 Å². The number of hydrogen-bond donors (Lipinski definition) is 2. The van der Waals surface area contributed by atoms with E-state index in [0.717, 1.165) is 51.9 Å². The largest absolute Gasteiger partial charge is 0.364 e. The maximum absolute atomic E-state index is 14.9. The van der Waals surface area contributed by atoms with Crippen LogP contribution < -0.4 is 16.0 Å². The lowest BCUT2D eigenvalue weighted by Gasteiger charge is -2.38. The molecule has 1 saturated carbocycles. The van der Waals surface area contributed by atoms with Gasteiger partial charge in [0.15, 0.2) is 0 Å². The van der Waals surface area contributed by atoms with E-state index < -0.39 is 23.5 Å². The summed E-state index contributed by atoms with van der Waals surface area (Å²) in [4.78, 5) is 29.9. The van der Waals surface area contributed by atoms with E-state index in [-0.39, 0.29) is 30.0 Å². The number of amides is 2. The van der Waals surface area contributed by atoms with Crippen LogP contribution in [0.15, 0.2) is 12.1 Å². The molecule has 1 atom stereocenters. The monoisotopic (exact) mass is 463 g/mol. The Kier molecular flexibility index (Phi) is 7.61. The van der Waals surface area contributed by atoms with Gasteiger partial charge >= 0.3 is 0 Å². The van der Waals surface area contributed by atoms with Crippen molar-refractivity contribution in [2.75, 3.05) is 51.2 Å². The van der Waals surface area contributed by atoms with Gasteiger partial charge in [-0.25, -0.2) is 8.78 Å². The fourth-order valence-electron chi connectivity index (χ4n) is 5.32. The number of carbonyl (C=O) groups excluding carboxylic acids is 2. The number of hydrogen-bond acceptors (Lipinski definition) is 6. The molecule has 33 heavy (non-hydrogen) atoms. The van der Waals surface area contributed by atoms with E-state index >= 15 is 0 Å². The summed E-state index contributed by atoms with van der Waals surface area (Å²) >= 11 is 0. The van der Waals surface area contributed by atoms with Crippen molar-refractivity contribution < 1.29 is 18.4 Å². The predicted octanol–water partition coefficient (Wildman–Crippen LogP) is 1.81. The molecule has 0 spiro atoms. The van der Waals surface area contributed by atoms with E-state index in [1.807, 2.05) is 0 Å².